The molecule has 0 aromatic heterocycles. The molecule has 2 fully saturated rings. The zero-order valence-corrected chi connectivity index (χ0v) is 10.2. The van der Waals surface area contributed by atoms with Gasteiger partial charge in [0.25, 0.3) is 0 Å². The van der Waals surface area contributed by atoms with Crippen LogP contribution in [0.5, 0.6) is 0 Å². The summed E-state index contributed by atoms with van der Waals surface area (Å²) in [5.74, 6) is 1.19. The van der Waals surface area contributed by atoms with Gasteiger partial charge in [0.1, 0.15) is 0 Å². The molecular weight excluding hydrogens is 200 g/mol. The highest BCUT2D eigenvalue weighted by molar-refractivity contribution is 5.79. The van der Waals surface area contributed by atoms with Gasteiger partial charge >= 0.3 is 0 Å². The maximum Gasteiger partial charge on any atom is 0.226 e. The second-order valence-corrected chi connectivity index (χ2v) is 5.35. The number of carbonyl (C=O) groups excluding carboxylic acids is 1. The number of likely N-dealkylation sites (tertiary alicyclic amines) is 1. The third-order valence-electron chi connectivity index (χ3n) is 4.14. The van der Waals surface area contributed by atoms with Crippen molar-refractivity contribution < 1.29 is 4.79 Å². The Morgan fingerprint density at radius 2 is 1.81 bits per heavy atom. The first-order valence-corrected chi connectivity index (χ1v) is 6.80. The molecule has 1 unspecified atom stereocenters. The quantitative estimate of drug-likeness (QED) is 0.791. The van der Waals surface area contributed by atoms with E-state index in [1.54, 1.807) is 0 Å². The Balaban J connectivity index is 1.84. The standard InChI is InChI=1S/C13H24N2O/c14-10-12(9-11-5-1-2-6-11)13(16)15-7-3-4-8-15/h11-12H,1-10,14H2. The topological polar surface area (TPSA) is 46.3 Å². The maximum absolute atomic E-state index is 12.2. The number of nitrogens with two attached hydrogens (primary N) is 1. The van der Waals surface area contributed by atoms with Gasteiger partial charge in [-0.05, 0) is 25.2 Å². The normalized spacial score (nSPS) is 23.9. The van der Waals surface area contributed by atoms with Crippen LogP contribution in [-0.2, 0) is 4.79 Å². The van der Waals surface area contributed by atoms with Crippen molar-refractivity contribution in [1.82, 2.24) is 4.90 Å². The number of amides is 1. The fraction of sp³-hybridized carbons (Fsp3) is 0.923. The van der Waals surface area contributed by atoms with Gasteiger partial charge in [-0.3, -0.25) is 4.79 Å². The minimum Gasteiger partial charge on any atom is -0.342 e. The lowest BCUT2D eigenvalue weighted by Crippen LogP contribution is -2.38. The van der Waals surface area contributed by atoms with Crippen LogP contribution < -0.4 is 5.73 Å². The monoisotopic (exact) mass is 224 g/mol. The van der Waals surface area contributed by atoms with Crippen molar-refractivity contribution in [3.63, 3.8) is 0 Å². The predicted octanol–water partition coefficient (Wildman–Crippen LogP) is 1.76. The van der Waals surface area contributed by atoms with E-state index in [-0.39, 0.29) is 5.92 Å². The summed E-state index contributed by atoms with van der Waals surface area (Å²) < 4.78 is 0. The lowest BCUT2D eigenvalue weighted by Gasteiger charge is -2.24. The molecule has 2 rings (SSSR count). The molecule has 0 aromatic rings. The zero-order valence-electron chi connectivity index (χ0n) is 10.2. The smallest absolute Gasteiger partial charge is 0.226 e. The van der Waals surface area contributed by atoms with Crippen LogP contribution in [0, 0.1) is 11.8 Å². The largest absolute Gasteiger partial charge is 0.342 e. The average molecular weight is 224 g/mol. The van der Waals surface area contributed by atoms with Gasteiger partial charge in [0.05, 0.1) is 5.92 Å². The van der Waals surface area contributed by atoms with Crippen LogP contribution in [0.25, 0.3) is 0 Å². The van der Waals surface area contributed by atoms with Gasteiger partial charge in [0.2, 0.25) is 5.91 Å². The second-order valence-electron chi connectivity index (χ2n) is 5.35. The molecule has 92 valence electrons. The van der Waals surface area contributed by atoms with Crippen LogP contribution in [0.2, 0.25) is 0 Å². The van der Waals surface area contributed by atoms with Crippen LogP contribution in [0.15, 0.2) is 0 Å². The van der Waals surface area contributed by atoms with E-state index in [2.05, 4.69) is 0 Å². The Morgan fingerprint density at radius 3 is 2.38 bits per heavy atom. The molecule has 1 aliphatic carbocycles. The van der Waals surface area contributed by atoms with Crippen molar-refractivity contribution in [1.29, 1.82) is 0 Å². The number of rotatable bonds is 4. The number of hydrogen-bond acceptors (Lipinski definition) is 2. The van der Waals surface area contributed by atoms with Crippen molar-refractivity contribution in [2.24, 2.45) is 17.6 Å². The molecule has 3 heteroatoms. The highest BCUT2D eigenvalue weighted by Crippen LogP contribution is 2.31. The van der Waals surface area contributed by atoms with E-state index in [1.165, 1.54) is 38.5 Å². The molecular formula is C13H24N2O. The first-order valence-electron chi connectivity index (χ1n) is 6.80. The maximum atomic E-state index is 12.2. The zero-order chi connectivity index (χ0) is 11.4. The molecule has 0 aromatic carbocycles. The summed E-state index contributed by atoms with van der Waals surface area (Å²) in [6.45, 7) is 2.45. The number of nitrogens with zero attached hydrogens (tertiary/aromatic N) is 1. The first-order chi connectivity index (χ1) is 7.81. The van der Waals surface area contributed by atoms with Crippen molar-refractivity contribution in [3.05, 3.63) is 0 Å². The van der Waals surface area contributed by atoms with Crippen molar-refractivity contribution in [3.8, 4) is 0 Å². The van der Waals surface area contributed by atoms with Crippen LogP contribution in [-0.4, -0.2) is 30.4 Å². The number of hydrogen-bond donors (Lipinski definition) is 1. The summed E-state index contributed by atoms with van der Waals surface area (Å²) in [6.07, 6.45) is 8.69. The van der Waals surface area contributed by atoms with Crippen molar-refractivity contribution >= 4 is 5.91 Å². The first kappa shape index (κ1) is 11.9. The molecule has 2 aliphatic rings. The molecule has 3 nitrogen and oxygen atoms in total. The molecule has 0 spiro atoms. The van der Waals surface area contributed by atoms with Gasteiger partial charge in [-0.25, -0.2) is 0 Å². The highest BCUT2D eigenvalue weighted by Gasteiger charge is 2.28. The summed E-state index contributed by atoms with van der Waals surface area (Å²) in [5, 5.41) is 0. The van der Waals surface area contributed by atoms with Crippen LogP contribution >= 0.6 is 0 Å². The number of carbonyl (C=O) groups is 1. The summed E-state index contributed by atoms with van der Waals surface area (Å²) in [5.41, 5.74) is 5.77. The Bertz CT molecular complexity index is 230. The van der Waals surface area contributed by atoms with E-state index in [9.17, 15) is 4.79 Å². The molecule has 1 heterocycles. The third kappa shape index (κ3) is 2.76. The highest BCUT2D eigenvalue weighted by atomic mass is 16.2. The van der Waals surface area contributed by atoms with Gasteiger partial charge in [0.15, 0.2) is 0 Å². The van der Waals surface area contributed by atoms with Gasteiger partial charge in [-0.2, -0.15) is 0 Å². The minimum absolute atomic E-state index is 0.0983. The molecule has 0 bridgehead atoms. The summed E-state index contributed by atoms with van der Waals surface area (Å²) in [7, 11) is 0. The fourth-order valence-electron chi connectivity index (χ4n) is 3.14. The molecule has 0 radical (unpaired) electrons. The minimum atomic E-state index is 0.0983. The van der Waals surface area contributed by atoms with Gasteiger partial charge in [0, 0.05) is 19.6 Å². The predicted molar refractivity (Wildman–Crippen MR) is 64.9 cm³/mol. The van der Waals surface area contributed by atoms with Gasteiger partial charge in [-0.1, -0.05) is 25.7 Å². The SMILES string of the molecule is NCC(CC1CCCC1)C(=O)N1CCCC1. The molecule has 1 amide bonds. The van der Waals surface area contributed by atoms with E-state index < -0.39 is 0 Å². The Kier molecular flexibility index (Phi) is 4.22. The van der Waals surface area contributed by atoms with Crippen LogP contribution in [0.1, 0.15) is 44.9 Å². The van der Waals surface area contributed by atoms with Gasteiger partial charge in [-0.15, -0.1) is 0 Å². The molecule has 2 N–H and O–H groups in total. The Labute approximate surface area is 98.4 Å². The molecule has 1 saturated heterocycles. The van der Waals surface area contributed by atoms with E-state index in [1.807, 2.05) is 4.90 Å². The van der Waals surface area contributed by atoms with E-state index >= 15 is 0 Å². The van der Waals surface area contributed by atoms with Crippen molar-refractivity contribution in [2.75, 3.05) is 19.6 Å². The second kappa shape index (κ2) is 5.67. The fourth-order valence-corrected chi connectivity index (χ4v) is 3.14. The molecule has 1 atom stereocenters. The van der Waals surface area contributed by atoms with Crippen molar-refractivity contribution in [2.45, 2.75) is 44.9 Å². The van der Waals surface area contributed by atoms with E-state index in [0.29, 0.717) is 12.5 Å². The van der Waals surface area contributed by atoms with Crippen LogP contribution in [0.3, 0.4) is 0 Å². The van der Waals surface area contributed by atoms with E-state index in [0.717, 1.165) is 25.4 Å². The van der Waals surface area contributed by atoms with Gasteiger partial charge < -0.3 is 10.6 Å². The summed E-state index contributed by atoms with van der Waals surface area (Å²) >= 11 is 0. The summed E-state index contributed by atoms with van der Waals surface area (Å²) in [4.78, 5) is 14.2. The lowest BCUT2D eigenvalue weighted by atomic mass is 9.92. The molecule has 16 heavy (non-hydrogen) atoms. The molecule has 1 saturated carbocycles. The lowest BCUT2D eigenvalue weighted by molar-refractivity contribution is -0.134. The van der Waals surface area contributed by atoms with E-state index in [4.69, 9.17) is 5.73 Å². The third-order valence-corrected chi connectivity index (χ3v) is 4.14. The average Bonchev–Trinajstić information content (AvgIpc) is 2.97. The summed E-state index contributed by atoms with van der Waals surface area (Å²) in [6, 6.07) is 0. The Hall–Kier alpha value is -0.570. The van der Waals surface area contributed by atoms with Crippen LogP contribution in [0.4, 0.5) is 0 Å². The molecule has 1 aliphatic heterocycles. The Morgan fingerprint density at radius 1 is 1.19 bits per heavy atom.